The van der Waals surface area contributed by atoms with Gasteiger partial charge in [0.25, 0.3) is 11.1 Å². The maximum atomic E-state index is 12.7. The second-order valence-electron chi connectivity index (χ2n) is 5.25. The number of aldehydes is 1. The van der Waals surface area contributed by atoms with Crippen molar-refractivity contribution in [3.8, 4) is 16.3 Å². The summed E-state index contributed by atoms with van der Waals surface area (Å²) in [7, 11) is 1.47. The van der Waals surface area contributed by atoms with Crippen LogP contribution in [-0.4, -0.2) is 34.5 Å². The molecule has 2 aromatic heterocycles. The zero-order valence-electron chi connectivity index (χ0n) is 13.8. The van der Waals surface area contributed by atoms with E-state index < -0.39 is 5.91 Å². The van der Waals surface area contributed by atoms with Gasteiger partial charge in [0.15, 0.2) is 6.29 Å². The molecule has 0 atom stereocenters. The van der Waals surface area contributed by atoms with Crippen LogP contribution in [0.2, 0.25) is 5.02 Å². The number of methoxy groups -OCH3 is 1. The lowest BCUT2D eigenvalue weighted by atomic mass is 9.96. The van der Waals surface area contributed by atoms with Crippen molar-refractivity contribution in [2.24, 2.45) is 0 Å². The van der Waals surface area contributed by atoms with Crippen molar-refractivity contribution in [1.29, 1.82) is 0 Å². The number of hydrogen-bond acceptors (Lipinski definition) is 7. The SMILES string of the molecule is COc1nnc(NC(=O)c2cnc(C)cc2-c2cc(Cl)ccc2C=O)s1. The van der Waals surface area contributed by atoms with Gasteiger partial charge in [0.2, 0.25) is 5.13 Å². The molecule has 3 rings (SSSR count). The van der Waals surface area contributed by atoms with Crippen molar-refractivity contribution in [2.75, 3.05) is 12.4 Å². The Morgan fingerprint density at radius 3 is 2.77 bits per heavy atom. The Morgan fingerprint density at radius 2 is 2.08 bits per heavy atom. The molecule has 0 aliphatic rings. The van der Waals surface area contributed by atoms with Gasteiger partial charge >= 0.3 is 0 Å². The molecule has 0 radical (unpaired) electrons. The van der Waals surface area contributed by atoms with E-state index in [1.807, 2.05) is 0 Å². The van der Waals surface area contributed by atoms with Crippen LogP contribution in [0.3, 0.4) is 0 Å². The molecule has 0 bridgehead atoms. The third-order valence-electron chi connectivity index (χ3n) is 3.52. The molecule has 1 N–H and O–H groups in total. The number of aromatic nitrogens is 3. The van der Waals surface area contributed by atoms with Gasteiger partial charge in [0, 0.05) is 22.5 Å². The van der Waals surface area contributed by atoms with E-state index in [4.69, 9.17) is 16.3 Å². The summed E-state index contributed by atoms with van der Waals surface area (Å²) < 4.78 is 4.96. The summed E-state index contributed by atoms with van der Waals surface area (Å²) in [6.07, 6.45) is 2.17. The predicted octanol–water partition coefficient (Wildman–Crippen LogP) is 3.64. The van der Waals surface area contributed by atoms with Gasteiger partial charge in [0.1, 0.15) is 0 Å². The average Bonchev–Trinajstić information content (AvgIpc) is 3.09. The largest absolute Gasteiger partial charge is 0.472 e. The monoisotopic (exact) mass is 388 g/mol. The van der Waals surface area contributed by atoms with E-state index in [0.717, 1.165) is 17.6 Å². The van der Waals surface area contributed by atoms with Crippen LogP contribution < -0.4 is 10.1 Å². The van der Waals surface area contributed by atoms with Crippen LogP contribution in [0.4, 0.5) is 5.13 Å². The quantitative estimate of drug-likeness (QED) is 0.670. The molecule has 3 aromatic rings. The van der Waals surface area contributed by atoms with Crippen molar-refractivity contribution in [1.82, 2.24) is 15.2 Å². The molecule has 0 saturated carbocycles. The van der Waals surface area contributed by atoms with Gasteiger partial charge in [0.05, 0.1) is 12.7 Å². The van der Waals surface area contributed by atoms with Gasteiger partial charge in [-0.05, 0) is 53.7 Å². The summed E-state index contributed by atoms with van der Waals surface area (Å²) in [6.45, 7) is 1.80. The number of aryl methyl sites for hydroxylation is 1. The maximum absolute atomic E-state index is 12.7. The van der Waals surface area contributed by atoms with E-state index in [2.05, 4.69) is 20.5 Å². The minimum atomic E-state index is -0.428. The normalized spacial score (nSPS) is 10.4. The molecular formula is C17H13ClN4O3S. The van der Waals surface area contributed by atoms with Crippen molar-refractivity contribution in [3.05, 3.63) is 52.3 Å². The van der Waals surface area contributed by atoms with E-state index >= 15 is 0 Å². The van der Waals surface area contributed by atoms with Crippen LogP contribution in [0.1, 0.15) is 26.4 Å². The zero-order chi connectivity index (χ0) is 18.7. The number of benzene rings is 1. The number of rotatable bonds is 5. The Labute approximate surface area is 158 Å². The highest BCUT2D eigenvalue weighted by molar-refractivity contribution is 7.17. The first-order valence-corrected chi connectivity index (χ1v) is 8.62. The molecule has 26 heavy (non-hydrogen) atoms. The van der Waals surface area contributed by atoms with Crippen molar-refractivity contribution in [2.45, 2.75) is 6.92 Å². The van der Waals surface area contributed by atoms with Gasteiger partial charge in [-0.3, -0.25) is 19.9 Å². The van der Waals surface area contributed by atoms with Crippen LogP contribution >= 0.6 is 22.9 Å². The van der Waals surface area contributed by atoms with Crippen LogP contribution in [0.15, 0.2) is 30.5 Å². The molecule has 0 unspecified atom stereocenters. The lowest BCUT2D eigenvalue weighted by Crippen LogP contribution is -2.14. The molecular weight excluding hydrogens is 376 g/mol. The average molecular weight is 389 g/mol. The van der Waals surface area contributed by atoms with E-state index in [9.17, 15) is 9.59 Å². The van der Waals surface area contributed by atoms with Gasteiger partial charge in [-0.15, -0.1) is 5.10 Å². The van der Waals surface area contributed by atoms with Crippen molar-refractivity contribution >= 4 is 40.3 Å². The van der Waals surface area contributed by atoms with Gasteiger partial charge in [-0.25, -0.2) is 0 Å². The summed E-state index contributed by atoms with van der Waals surface area (Å²) in [4.78, 5) is 28.3. The number of pyridine rings is 1. The molecule has 0 spiro atoms. The second-order valence-corrected chi connectivity index (χ2v) is 6.63. The number of nitrogens with zero attached hydrogens (tertiary/aromatic N) is 3. The smallest absolute Gasteiger partial charge is 0.295 e. The Bertz CT molecular complexity index is 990. The molecule has 1 aromatic carbocycles. The summed E-state index contributed by atoms with van der Waals surface area (Å²) in [5.74, 6) is -0.428. The Hall–Kier alpha value is -2.84. The first-order valence-electron chi connectivity index (χ1n) is 7.42. The highest BCUT2D eigenvalue weighted by Crippen LogP contribution is 2.30. The van der Waals surface area contributed by atoms with Crippen LogP contribution in [0.25, 0.3) is 11.1 Å². The summed E-state index contributed by atoms with van der Waals surface area (Å²) in [5.41, 5.74) is 2.52. The van der Waals surface area contributed by atoms with E-state index in [1.165, 1.54) is 13.3 Å². The number of amides is 1. The second kappa shape index (κ2) is 7.59. The van der Waals surface area contributed by atoms with E-state index in [-0.39, 0.29) is 5.56 Å². The molecule has 9 heteroatoms. The summed E-state index contributed by atoms with van der Waals surface area (Å²) in [6, 6.07) is 6.60. The number of halogens is 1. The van der Waals surface area contributed by atoms with Gasteiger partial charge in [-0.2, -0.15) is 0 Å². The molecule has 0 aliphatic carbocycles. The molecule has 0 aliphatic heterocycles. The summed E-state index contributed by atoms with van der Waals surface area (Å²) in [5, 5.41) is 11.3. The number of ether oxygens (including phenoxy) is 1. The molecule has 0 fully saturated rings. The van der Waals surface area contributed by atoms with Crippen molar-refractivity contribution < 1.29 is 14.3 Å². The fraction of sp³-hybridized carbons (Fsp3) is 0.118. The number of anilines is 1. The maximum Gasteiger partial charge on any atom is 0.295 e. The zero-order valence-corrected chi connectivity index (χ0v) is 15.4. The molecule has 1 amide bonds. The Balaban J connectivity index is 2.05. The first-order chi connectivity index (χ1) is 12.5. The van der Waals surface area contributed by atoms with E-state index in [0.29, 0.717) is 37.7 Å². The minimum absolute atomic E-state index is 0.287. The number of hydrogen-bond donors (Lipinski definition) is 1. The lowest BCUT2D eigenvalue weighted by Gasteiger charge is -2.12. The third-order valence-corrected chi connectivity index (χ3v) is 4.55. The molecule has 132 valence electrons. The van der Waals surface area contributed by atoms with Crippen LogP contribution in [-0.2, 0) is 0 Å². The van der Waals surface area contributed by atoms with Gasteiger partial charge in [-0.1, -0.05) is 16.7 Å². The molecule has 0 saturated heterocycles. The van der Waals surface area contributed by atoms with Crippen LogP contribution in [0.5, 0.6) is 5.19 Å². The van der Waals surface area contributed by atoms with E-state index in [1.54, 1.807) is 31.2 Å². The Kier molecular flexibility index (Phi) is 5.24. The minimum Gasteiger partial charge on any atom is -0.472 e. The van der Waals surface area contributed by atoms with Crippen LogP contribution in [0, 0.1) is 6.92 Å². The summed E-state index contributed by atoms with van der Waals surface area (Å²) >= 11 is 7.18. The highest BCUT2D eigenvalue weighted by atomic mass is 35.5. The van der Waals surface area contributed by atoms with Gasteiger partial charge < -0.3 is 4.74 Å². The predicted molar refractivity (Wildman–Crippen MR) is 99.2 cm³/mol. The highest BCUT2D eigenvalue weighted by Gasteiger charge is 2.18. The molecule has 2 heterocycles. The fourth-order valence-electron chi connectivity index (χ4n) is 2.34. The Morgan fingerprint density at radius 1 is 1.27 bits per heavy atom. The first kappa shape index (κ1) is 18.0. The number of nitrogens with one attached hydrogen (secondary N) is 1. The third kappa shape index (κ3) is 3.71. The fourth-order valence-corrected chi connectivity index (χ4v) is 3.06. The topological polar surface area (TPSA) is 94.1 Å². The number of carbonyl (C=O) groups is 2. The standard InChI is InChI=1S/C17H13ClN4O3S/c1-9-5-13(12-6-11(18)4-3-10(12)8-23)14(7-19-9)15(24)20-16-21-22-17(25-2)26-16/h3-8H,1-2H3,(H,20,21,24). The lowest BCUT2D eigenvalue weighted by molar-refractivity contribution is 0.102. The van der Waals surface area contributed by atoms with Crippen molar-refractivity contribution in [3.63, 3.8) is 0 Å². The number of carbonyl (C=O) groups excluding carboxylic acids is 2. The molecule has 7 nitrogen and oxygen atoms in total.